The van der Waals surface area contributed by atoms with Gasteiger partial charge in [-0.3, -0.25) is 0 Å². The standard InChI is InChI=1S/C52H46N2Si2/c1-35-20-24-39(25-21-35)53(37-14-9-7-10-15-37)41-28-30-43-46-34-50-51(45-18-13-19-47(52(45)46)55(3,4)48(43)32-41)44-31-29-42(33-49(44)56(50,5)6)54(38-16-11-8-12-17-38)40-26-22-36(2)23-27-40/h7-34H,1-6H3. The van der Waals surface area contributed by atoms with Gasteiger partial charge in [0.05, 0.1) is 0 Å². The summed E-state index contributed by atoms with van der Waals surface area (Å²) in [4.78, 5) is 4.84. The van der Waals surface area contributed by atoms with Gasteiger partial charge in [-0.05, 0) is 140 Å². The molecule has 0 aliphatic carbocycles. The first-order chi connectivity index (χ1) is 27.1. The van der Waals surface area contributed by atoms with E-state index in [2.05, 4.69) is 220 Å². The van der Waals surface area contributed by atoms with Crippen LogP contribution in [0.25, 0.3) is 33.0 Å². The molecule has 8 aromatic carbocycles. The Labute approximate surface area is 333 Å². The number of rotatable bonds is 6. The fraction of sp³-hybridized carbons (Fsp3) is 0.115. The molecule has 4 heteroatoms. The molecular formula is C52H46N2Si2. The summed E-state index contributed by atoms with van der Waals surface area (Å²) >= 11 is 0. The highest BCUT2D eigenvalue weighted by molar-refractivity contribution is 7.05. The van der Waals surface area contributed by atoms with Crippen molar-refractivity contribution < 1.29 is 0 Å². The topological polar surface area (TPSA) is 6.48 Å². The summed E-state index contributed by atoms with van der Waals surface area (Å²) in [5.74, 6) is 0. The van der Waals surface area contributed by atoms with E-state index in [-0.39, 0.29) is 0 Å². The second kappa shape index (κ2) is 12.8. The molecule has 56 heavy (non-hydrogen) atoms. The Balaban J connectivity index is 1.15. The number of anilines is 6. The maximum atomic E-state index is 2.62. The van der Waals surface area contributed by atoms with E-state index < -0.39 is 16.1 Å². The molecule has 10 rings (SSSR count). The van der Waals surface area contributed by atoms with Crippen molar-refractivity contribution in [3.63, 3.8) is 0 Å². The molecule has 0 fully saturated rings. The predicted molar refractivity (Wildman–Crippen MR) is 247 cm³/mol. The molecule has 0 aromatic heterocycles. The average molecular weight is 755 g/mol. The van der Waals surface area contributed by atoms with E-state index in [0.29, 0.717) is 0 Å². The Bertz CT molecular complexity index is 2810. The molecule has 2 heterocycles. The van der Waals surface area contributed by atoms with Crippen molar-refractivity contribution in [2.24, 2.45) is 0 Å². The van der Waals surface area contributed by atoms with E-state index in [1.165, 1.54) is 88.7 Å². The molecule has 0 amide bonds. The molecule has 0 spiro atoms. The van der Waals surface area contributed by atoms with E-state index in [9.17, 15) is 0 Å². The number of para-hydroxylation sites is 2. The van der Waals surface area contributed by atoms with Crippen LogP contribution in [0.3, 0.4) is 0 Å². The van der Waals surface area contributed by atoms with Crippen molar-refractivity contribution in [3.8, 4) is 22.3 Å². The van der Waals surface area contributed by atoms with E-state index in [1.807, 2.05) is 0 Å². The largest absolute Gasteiger partial charge is 0.311 e. The summed E-state index contributed by atoms with van der Waals surface area (Å²) < 4.78 is 0. The van der Waals surface area contributed by atoms with Crippen LogP contribution >= 0.6 is 0 Å². The summed E-state index contributed by atoms with van der Waals surface area (Å²) in [5, 5.41) is 9.00. The highest BCUT2D eigenvalue weighted by Gasteiger charge is 2.43. The Morgan fingerprint density at radius 2 is 0.786 bits per heavy atom. The minimum absolute atomic E-state index is 1.17. The van der Waals surface area contributed by atoms with E-state index in [4.69, 9.17) is 0 Å². The van der Waals surface area contributed by atoms with E-state index in [0.717, 1.165) is 0 Å². The van der Waals surface area contributed by atoms with Crippen LogP contribution in [0.1, 0.15) is 11.1 Å². The Morgan fingerprint density at radius 3 is 1.32 bits per heavy atom. The molecule has 0 N–H and O–H groups in total. The minimum Gasteiger partial charge on any atom is -0.311 e. The minimum atomic E-state index is -2.14. The van der Waals surface area contributed by atoms with Gasteiger partial charge < -0.3 is 9.80 Å². The third kappa shape index (κ3) is 5.27. The van der Waals surface area contributed by atoms with Gasteiger partial charge in [-0.25, -0.2) is 0 Å². The zero-order valence-electron chi connectivity index (χ0n) is 33.1. The lowest BCUT2D eigenvalue weighted by Gasteiger charge is -2.36. The summed E-state index contributed by atoms with van der Waals surface area (Å²) in [6.07, 6.45) is 0. The smallest absolute Gasteiger partial charge is 0.113 e. The van der Waals surface area contributed by atoms with Gasteiger partial charge in [-0.2, -0.15) is 0 Å². The number of nitrogens with zero attached hydrogens (tertiary/aromatic N) is 2. The predicted octanol–water partition coefficient (Wildman–Crippen LogP) is 12.0. The van der Waals surface area contributed by atoms with Gasteiger partial charge in [0.25, 0.3) is 0 Å². The third-order valence-electron chi connectivity index (χ3n) is 12.5. The summed E-state index contributed by atoms with van der Waals surface area (Å²) in [7, 11) is -4.26. The molecule has 2 aliphatic rings. The van der Waals surface area contributed by atoms with Crippen LogP contribution in [0.5, 0.6) is 0 Å². The number of benzene rings is 8. The van der Waals surface area contributed by atoms with Crippen LogP contribution in [0.15, 0.2) is 170 Å². The van der Waals surface area contributed by atoms with Gasteiger partial charge in [0.1, 0.15) is 16.1 Å². The van der Waals surface area contributed by atoms with Gasteiger partial charge in [-0.1, -0.05) is 134 Å². The maximum absolute atomic E-state index is 2.62. The van der Waals surface area contributed by atoms with Crippen LogP contribution in [0, 0.1) is 13.8 Å². The second-order valence-corrected chi connectivity index (χ2v) is 25.5. The Kier molecular flexibility index (Phi) is 7.90. The first-order valence-electron chi connectivity index (χ1n) is 19.9. The fourth-order valence-corrected chi connectivity index (χ4v) is 15.7. The van der Waals surface area contributed by atoms with Crippen LogP contribution < -0.4 is 30.5 Å². The fourth-order valence-electron chi connectivity index (χ4n) is 9.56. The van der Waals surface area contributed by atoms with Gasteiger partial charge in [-0.15, -0.1) is 0 Å². The lowest BCUT2D eigenvalue weighted by Crippen LogP contribution is -2.56. The van der Waals surface area contributed by atoms with Crippen molar-refractivity contribution in [3.05, 3.63) is 181 Å². The van der Waals surface area contributed by atoms with Gasteiger partial charge >= 0.3 is 0 Å². The summed E-state index contributed by atoms with van der Waals surface area (Å²) in [6, 6.07) is 63.9. The van der Waals surface area contributed by atoms with Gasteiger partial charge in [0.15, 0.2) is 0 Å². The summed E-state index contributed by atoms with van der Waals surface area (Å²) in [5.41, 5.74) is 15.3. The first-order valence-corrected chi connectivity index (χ1v) is 25.9. The molecule has 8 aromatic rings. The van der Waals surface area contributed by atoms with Crippen LogP contribution in [-0.2, 0) is 0 Å². The molecule has 2 aliphatic heterocycles. The van der Waals surface area contributed by atoms with E-state index in [1.54, 1.807) is 10.4 Å². The SMILES string of the molecule is Cc1ccc(N(c2ccccc2)c2ccc3c(c2)[Si](C)(C)c2cc4c5c(cccc5c2-3)[Si](C)(C)c2cc(N(c3ccccc3)c3ccc(C)cc3)ccc2-4)cc1. The van der Waals surface area contributed by atoms with Gasteiger partial charge in [0, 0.05) is 34.1 Å². The average Bonchev–Trinajstić information content (AvgIpc) is 3.44. The van der Waals surface area contributed by atoms with Crippen molar-refractivity contribution in [1.29, 1.82) is 0 Å². The maximum Gasteiger partial charge on any atom is 0.113 e. The number of hydrogen-bond acceptors (Lipinski definition) is 2. The molecule has 0 atom stereocenters. The monoisotopic (exact) mass is 754 g/mol. The number of hydrogen-bond donors (Lipinski definition) is 0. The van der Waals surface area contributed by atoms with Crippen LogP contribution in [-0.4, -0.2) is 16.1 Å². The normalized spacial score (nSPS) is 14.2. The van der Waals surface area contributed by atoms with Crippen molar-refractivity contribution >= 4 is 81.8 Å². The lowest BCUT2D eigenvalue weighted by molar-refractivity contribution is 1.28. The van der Waals surface area contributed by atoms with E-state index >= 15 is 0 Å². The number of aryl methyl sites for hydroxylation is 2. The Morgan fingerprint density at radius 1 is 0.339 bits per heavy atom. The molecule has 0 saturated heterocycles. The summed E-state index contributed by atoms with van der Waals surface area (Å²) in [6.45, 7) is 14.6. The number of fused-ring (bicyclic) bond motifs is 6. The van der Waals surface area contributed by atoms with Crippen LogP contribution in [0.2, 0.25) is 26.2 Å². The second-order valence-electron chi connectivity index (χ2n) is 16.8. The molecule has 2 nitrogen and oxygen atoms in total. The molecule has 0 radical (unpaired) electrons. The zero-order chi connectivity index (χ0) is 38.3. The van der Waals surface area contributed by atoms with Gasteiger partial charge in [0.2, 0.25) is 0 Å². The zero-order valence-corrected chi connectivity index (χ0v) is 35.1. The molecule has 272 valence electrons. The first kappa shape index (κ1) is 34.5. The molecule has 0 unspecified atom stereocenters. The van der Waals surface area contributed by atoms with Crippen molar-refractivity contribution in [2.75, 3.05) is 9.80 Å². The molecular weight excluding hydrogens is 709 g/mol. The van der Waals surface area contributed by atoms with Crippen molar-refractivity contribution in [1.82, 2.24) is 0 Å². The molecule has 0 saturated carbocycles. The lowest BCUT2D eigenvalue weighted by atomic mass is 9.91. The quantitative estimate of drug-likeness (QED) is 0.156. The third-order valence-corrected chi connectivity index (χ3v) is 19.6. The van der Waals surface area contributed by atoms with Crippen LogP contribution in [0.4, 0.5) is 34.1 Å². The Hall–Kier alpha value is -5.95. The molecule has 0 bridgehead atoms. The van der Waals surface area contributed by atoms with Crippen molar-refractivity contribution in [2.45, 2.75) is 40.0 Å². The highest BCUT2D eigenvalue weighted by Crippen LogP contribution is 2.44. The highest BCUT2D eigenvalue weighted by atomic mass is 28.3.